The van der Waals surface area contributed by atoms with E-state index in [9.17, 15) is 4.79 Å². The molecule has 3 rings (SSSR count). The average molecular weight is 351 g/mol. The first kappa shape index (κ1) is 18.1. The van der Waals surface area contributed by atoms with Crippen LogP contribution in [0.25, 0.3) is 10.9 Å². The minimum atomic E-state index is -0.116. The fourth-order valence-corrected chi connectivity index (χ4v) is 2.96. The number of para-hydroxylation sites is 1. The Bertz CT molecular complexity index is 902. The SMILES string of the molecule is CCN(CC)CCc1nc2c(OCc3ccccc3)cccc2c(=O)[nH]1. The molecule has 0 radical (unpaired) electrons. The third-order valence-electron chi connectivity index (χ3n) is 4.54. The molecule has 2 aromatic carbocycles. The van der Waals surface area contributed by atoms with Gasteiger partial charge in [-0.2, -0.15) is 0 Å². The molecular formula is C21H25N3O2. The summed E-state index contributed by atoms with van der Waals surface area (Å²) in [5.74, 6) is 1.34. The number of aromatic amines is 1. The second kappa shape index (κ2) is 8.63. The summed E-state index contributed by atoms with van der Waals surface area (Å²) in [6, 6.07) is 15.4. The Morgan fingerprint density at radius 3 is 2.54 bits per heavy atom. The number of likely N-dealkylation sites (N-methyl/N-ethyl adjacent to an activating group) is 1. The van der Waals surface area contributed by atoms with Crippen LogP contribution in [0, 0.1) is 0 Å². The lowest BCUT2D eigenvalue weighted by molar-refractivity contribution is 0.305. The van der Waals surface area contributed by atoms with Gasteiger partial charge in [-0.25, -0.2) is 4.98 Å². The molecule has 0 fully saturated rings. The number of aromatic nitrogens is 2. The predicted molar refractivity (Wildman–Crippen MR) is 105 cm³/mol. The Kier molecular flexibility index (Phi) is 6.02. The number of rotatable bonds is 8. The van der Waals surface area contributed by atoms with Gasteiger partial charge in [0.25, 0.3) is 5.56 Å². The maximum Gasteiger partial charge on any atom is 0.258 e. The summed E-state index contributed by atoms with van der Waals surface area (Å²) in [6.07, 6.45) is 0.708. The number of hydrogen-bond donors (Lipinski definition) is 1. The predicted octanol–water partition coefficient (Wildman–Crippen LogP) is 3.39. The van der Waals surface area contributed by atoms with Crippen molar-refractivity contribution >= 4 is 10.9 Å². The third-order valence-corrected chi connectivity index (χ3v) is 4.54. The van der Waals surface area contributed by atoms with Crippen LogP contribution in [0.5, 0.6) is 5.75 Å². The Morgan fingerprint density at radius 1 is 1.04 bits per heavy atom. The lowest BCUT2D eigenvalue weighted by Crippen LogP contribution is -2.26. The molecule has 5 nitrogen and oxygen atoms in total. The van der Waals surface area contributed by atoms with Crippen LogP contribution in [-0.2, 0) is 13.0 Å². The minimum Gasteiger partial charge on any atom is -0.487 e. The smallest absolute Gasteiger partial charge is 0.258 e. The maximum absolute atomic E-state index is 12.4. The van der Waals surface area contributed by atoms with Crippen molar-refractivity contribution in [3.63, 3.8) is 0 Å². The molecule has 3 aromatic rings. The van der Waals surface area contributed by atoms with Crippen molar-refractivity contribution in [2.45, 2.75) is 26.9 Å². The zero-order valence-corrected chi connectivity index (χ0v) is 15.4. The molecule has 1 heterocycles. The van der Waals surface area contributed by atoms with Gasteiger partial charge in [-0.1, -0.05) is 50.2 Å². The highest BCUT2D eigenvalue weighted by Gasteiger charge is 2.10. The highest BCUT2D eigenvalue weighted by atomic mass is 16.5. The Hall–Kier alpha value is -2.66. The number of H-pyrrole nitrogens is 1. The summed E-state index contributed by atoms with van der Waals surface area (Å²) in [5, 5.41) is 0.558. The van der Waals surface area contributed by atoms with Crippen LogP contribution in [0.3, 0.4) is 0 Å². The molecule has 0 bridgehead atoms. The summed E-state index contributed by atoms with van der Waals surface area (Å²) in [6.45, 7) is 7.56. The van der Waals surface area contributed by atoms with Crippen molar-refractivity contribution in [3.8, 4) is 5.75 Å². The van der Waals surface area contributed by atoms with Crippen LogP contribution in [-0.4, -0.2) is 34.5 Å². The molecule has 0 saturated heterocycles. The third kappa shape index (κ3) is 4.29. The first-order valence-corrected chi connectivity index (χ1v) is 9.12. The Labute approximate surface area is 153 Å². The maximum atomic E-state index is 12.4. The monoisotopic (exact) mass is 351 g/mol. The van der Waals surface area contributed by atoms with E-state index in [4.69, 9.17) is 4.74 Å². The van der Waals surface area contributed by atoms with Crippen LogP contribution in [0.4, 0.5) is 0 Å². The van der Waals surface area contributed by atoms with Gasteiger partial charge in [0, 0.05) is 13.0 Å². The second-order valence-corrected chi connectivity index (χ2v) is 6.22. The highest BCUT2D eigenvalue weighted by molar-refractivity contribution is 5.83. The van der Waals surface area contributed by atoms with E-state index in [2.05, 4.69) is 28.7 Å². The molecule has 1 N–H and O–H groups in total. The van der Waals surface area contributed by atoms with Crippen molar-refractivity contribution in [1.82, 2.24) is 14.9 Å². The first-order valence-electron chi connectivity index (χ1n) is 9.12. The molecule has 0 aliphatic heterocycles. The van der Waals surface area contributed by atoms with E-state index >= 15 is 0 Å². The molecule has 0 aliphatic carbocycles. The summed E-state index contributed by atoms with van der Waals surface area (Å²) < 4.78 is 5.96. The lowest BCUT2D eigenvalue weighted by atomic mass is 10.2. The fourth-order valence-electron chi connectivity index (χ4n) is 2.96. The van der Waals surface area contributed by atoms with E-state index in [0.29, 0.717) is 35.5 Å². The van der Waals surface area contributed by atoms with Crippen LogP contribution >= 0.6 is 0 Å². The summed E-state index contributed by atoms with van der Waals surface area (Å²) >= 11 is 0. The van der Waals surface area contributed by atoms with Crippen molar-refractivity contribution < 1.29 is 4.74 Å². The molecule has 0 amide bonds. The van der Waals surface area contributed by atoms with Gasteiger partial charge in [-0.15, -0.1) is 0 Å². The number of hydrogen-bond acceptors (Lipinski definition) is 4. The number of fused-ring (bicyclic) bond motifs is 1. The topological polar surface area (TPSA) is 58.2 Å². The molecule has 136 valence electrons. The summed E-state index contributed by atoms with van der Waals surface area (Å²) in [7, 11) is 0. The van der Waals surface area contributed by atoms with E-state index in [-0.39, 0.29) is 5.56 Å². The average Bonchev–Trinajstić information content (AvgIpc) is 2.68. The van der Waals surface area contributed by atoms with Gasteiger partial charge in [0.15, 0.2) is 0 Å². The second-order valence-electron chi connectivity index (χ2n) is 6.22. The van der Waals surface area contributed by atoms with E-state index in [1.165, 1.54) is 0 Å². The molecule has 0 saturated carbocycles. The molecule has 0 aliphatic rings. The zero-order valence-electron chi connectivity index (χ0n) is 15.4. The van der Waals surface area contributed by atoms with Crippen molar-refractivity contribution in [1.29, 1.82) is 0 Å². The van der Waals surface area contributed by atoms with Crippen LogP contribution in [0.1, 0.15) is 25.2 Å². The quantitative estimate of drug-likeness (QED) is 0.676. The van der Waals surface area contributed by atoms with Gasteiger partial charge in [0.2, 0.25) is 0 Å². The molecular weight excluding hydrogens is 326 g/mol. The van der Waals surface area contributed by atoms with E-state index in [0.717, 1.165) is 25.2 Å². The van der Waals surface area contributed by atoms with Gasteiger partial charge in [-0.05, 0) is 30.8 Å². The number of nitrogens with one attached hydrogen (secondary N) is 1. The first-order chi connectivity index (χ1) is 12.7. The van der Waals surface area contributed by atoms with Gasteiger partial charge in [-0.3, -0.25) is 4.79 Å². The number of ether oxygens (including phenoxy) is 1. The van der Waals surface area contributed by atoms with E-state index in [1.807, 2.05) is 42.5 Å². The standard InChI is InChI=1S/C21H25N3O2/c1-3-24(4-2)14-13-19-22-20-17(21(25)23-19)11-8-12-18(20)26-15-16-9-6-5-7-10-16/h5-12H,3-4,13-15H2,1-2H3,(H,22,23,25). The highest BCUT2D eigenvalue weighted by Crippen LogP contribution is 2.22. The molecule has 5 heteroatoms. The van der Waals surface area contributed by atoms with E-state index < -0.39 is 0 Å². The van der Waals surface area contributed by atoms with Crippen molar-refractivity contribution in [2.75, 3.05) is 19.6 Å². The Balaban J connectivity index is 1.85. The van der Waals surface area contributed by atoms with Gasteiger partial charge >= 0.3 is 0 Å². The molecule has 0 spiro atoms. The normalized spacial score (nSPS) is 11.2. The largest absolute Gasteiger partial charge is 0.487 e. The zero-order chi connectivity index (χ0) is 18.4. The molecule has 26 heavy (non-hydrogen) atoms. The van der Waals surface area contributed by atoms with Gasteiger partial charge in [0.05, 0.1) is 5.39 Å². The van der Waals surface area contributed by atoms with Crippen LogP contribution < -0.4 is 10.3 Å². The molecule has 0 unspecified atom stereocenters. The minimum absolute atomic E-state index is 0.116. The van der Waals surface area contributed by atoms with Gasteiger partial charge in [0.1, 0.15) is 23.7 Å². The van der Waals surface area contributed by atoms with Crippen LogP contribution in [0.2, 0.25) is 0 Å². The van der Waals surface area contributed by atoms with E-state index in [1.54, 1.807) is 6.07 Å². The number of benzene rings is 2. The van der Waals surface area contributed by atoms with Crippen molar-refractivity contribution in [3.05, 3.63) is 70.3 Å². The van der Waals surface area contributed by atoms with Gasteiger partial charge < -0.3 is 14.6 Å². The lowest BCUT2D eigenvalue weighted by Gasteiger charge is -2.17. The molecule has 1 aromatic heterocycles. The number of nitrogens with zero attached hydrogens (tertiary/aromatic N) is 2. The Morgan fingerprint density at radius 2 is 1.81 bits per heavy atom. The van der Waals surface area contributed by atoms with Crippen molar-refractivity contribution in [2.24, 2.45) is 0 Å². The summed E-state index contributed by atoms with van der Waals surface area (Å²) in [5.41, 5.74) is 1.59. The fraction of sp³-hybridized carbons (Fsp3) is 0.333. The molecule has 0 atom stereocenters. The van der Waals surface area contributed by atoms with Crippen LogP contribution in [0.15, 0.2) is 53.3 Å². The summed E-state index contributed by atoms with van der Waals surface area (Å²) in [4.78, 5) is 22.3.